The molecule has 2 aliphatic rings. The van der Waals surface area contributed by atoms with Gasteiger partial charge in [-0.25, -0.2) is 4.79 Å². The lowest BCUT2D eigenvalue weighted by Crippen LogP contribution is -2.36. The Labute approximate surface area is 160 Å². The Kier molecular flexibility index (Phi) is 6.74. The highest BCUT2D eigenvalue weighted by Gasteiger charge is 2.27. The summed E-state index contributed by atoms with van der Waals surface area (Å²) >= 11 is 0. The Hall–Kier alpha value is -2.05. The molecule has 27 heavy (non-hydrogen) atoms. The van der Waals surface area contributed by atoms with E-state index < -0.39 is 5.69 Å². The largest absolute Gasteiger partial charge is 0.475 e. The Morgan fingerprint density at radius 1 is 1.19 bits per heavy atom. The van der Waals surface area contributed by atoms with E-state index in [1.807, 2.05) is 0 Å². The van der Waals surface area contributed by atoms with E-state index in [1.54, 1.807) is 0 Å². The van der Waals surface area contributed by atoms with E-state index in [0.29, 0.717) is 18.3 Å². The lowest BCUT2D eigenvalue weighted by molar-refractivity contribution is -0.123. The minimum Gasteiger partial charge on any atom is -0.475 e. The van der Waals surface area contributed by atoms with Crippen LogP contribution in [0.4, 0.5) is 0 Å². The number of nitrogens with zero attached hydrogens (tertiary/aromatic N) is 1. The molecule has 2 atom stereocenters. The fraction of sp³-hybridized carbons (Fsp3) is 0.750. The van der Waals surface area contributed by atoms with Gasteiger partial charge < -0.3 is 14.8 Å². The van der Waals surface area contributed by atoms with Crippen LogP contribution in [0.15, 0.2) is 10.9 Å². The summed E-state index contributed by atoms with van der Waals surface area (Å²) in [5.41, 5.74) is -0.540. The average molecular weight is 377 g/mol. The van der Waals surface area contributed by atoms with Crippen molar-refractivity contribution in [2.45, 2.75) is 64.9 Å². The summed E-state index contributed by atoms with van der Waals surface area (Å²) in [7, 11) is 0. The quantitative estimate of drug-likeness (QED) is 0.690. The van der Waals surface area contributed by atoms with Crippen LogP contribution >= 0.6 is 0 Å². The minimum absolute atomic E-state index is 0.110. The van der Waals surface area contributed by atoms with Gasteiger partial charge in [-0.15, -0.1) is 0 Å². The van der Waals surface area contributed by atoms with Crippen molar-refractivity contribution in [1.29, 1.82) is 0 Å². The van der Waals surface area contributed by atoms with Gasteiger partial charge in [-0.05, 0) is 49.9 Å². The highest BCUT2D eigenvalue weighted by molar-refractivity contribution is 5.77. The van der Waals surface area contributed by atoms with Crippen LogP contribution in [0.1, 0.15) is 58.8 Å². The fourth-order valence-corrected chi connectivity index (χ4v) is 3.90. The molecule has 2 unspecified atom stereocenters. The lowest BCUT2D eigenvalue weighted by Gasteiger charge is -2.34. The second kappa shape index (κ2) is 9.24. The predicted molar refractivity (Wildman–Crippen MR) is 102 cm³/mol. The molecule has 3 rings (SSSR count). The molecule has 0 bridgehead atoms. The fourth-order valence-electron chi connectivity index (χ4n) is 3.90. The maximum absolute atomic E-state index is 12.1. The average Bonchev–Trinajstić information content (AvgIpc) is 3.47. The first-order chi connectivity index (χ1) is 13.1. The van der Waals surface area contributed by atoms with E-state index in [9.17, 15) is 9.59 Å². The number of ether oxygens (including phenoxy) is 2. The summed E-state index contributed by atoms with van der Waals surface area (Å²) in [6.45, 7) is 5.04. The van der Waals surface area contributed by atoms with Crippen molar-refractivity contribution in [3.8, 4) is 11.8 Å². The second-order valence-electron chi connectivity index (χ2n) is 7.92. The van der Waals surface area contributed by atoms with Crippen LogP contribution in [0.25, 0.3) is 0 Å². The van der Waals surface area contributed by atoms with Gasteiger partial charge in [0.05, 0.1) is 6.07 Å². The van der Waals surface area contributed by atoms with Gasteiger partial charge in [-0.3, -0.25) is 9.78 Å². The van der Waals surface area contributed by atoms with Crippen LogP contribution in [-0.4, -0.2) is 35.1 Å². The number of hydrogen-bond donors (Lipinski definition) is 2. The molecule has 1 aromatic heterocycles. The second-order valence-corrected chi connectivity index (χ2v) is 7.92. The molecule has 1 aromatic rings. The SMILES string of the molecule is CCC1CC(CC)CC(CNC(=O)COc2cc(OC3CC3)[nH]c(=O)n2)C1. The van der Waals surface area contributed by atoms with Gasteiger partial charge in [0.1, 0.15) is 6.10 Å². The Morgan fingerprint density at radius 3 is 2.48 bits per heavy atom. The molecule has 2 fully saturated rings. The zero-order valence-corrected chi connectivity index (χ0v) is 16.3. The molecule has 0 radical (unpaired) electrons. The van der Waals surface area contributed by atoms with E-state index in [2.05, 4.69) is 29.1 Å². The summed E-state index contributed by atoms with van der Waals surface area (Å²) in [6, 6.07) is 1.52. The highest BCUT2D eigenvalue weighted by Crippen LogP contribution is 2.36. The molecule has 0 aliphatic heterocycles. The Morgan fingerprint density at radius 2 is 1.85 bits per heavy atom. The summed E-state index contributed by atoms with van der Waals surface area (Å²) in [5.74, 6) is 2.34. The van der Waals surface area contributed by atoms with E-state index >= 15 is 0 Å². The maximum atomic E-state index is 12.1. The van der Waals surface area contributed by atoms with Crippen LogP contribution in [0.3, 0.4) is 0 Å². The molecule has 1 amide bonds. The van der Waals surface area contributed by atoms with Crippen molar-refractivity contribution in [2.24, 2.45) is 17.8 Å². The van der Waals surface area contributed by atoms with Crippen LogP contribution in [0, 0.1) is 17.8 Å². The van der Waals surface area contributed by atoms with Crippen molar-refractivity contribution < 1.29 is 14.3 Å². The zero-order valence-electron chi connectivity index (χ0n) is 16.3. The molecule has 2 aliphatic carbocycles. The van der Waals surface area contributed by atoms with E-state index in [-0.39, 0.29) is 24.5 Å². The van der Waals surface area contributed by atoms with Gasteiger partial charge >= 0.3 is 5.69 Å². The first-order valence-electron chi connectivity index (χ1n) is 10.2. The van der Waals surface area contributed by atoms with Gasteiger partial charge in [0, 0.05) is 6.54 Å². The number of H-pyrrole nitrogens is 1. The molecule has 7 heteroatoms. The molecule has 0 saturated heterocycles. The minimum atomic E-state index is -0.540. The van der Waals surface area contributed by atoms with Crippen LogP contribution < -0.4 is 20.5 Å². The summed E-state index contributed by atoms with van der Waals surface area (Å²) < 4.78 is 10.9. The molecule has 2 saturated carbocycles. The summed E-state index contributed by atoms with van der Waals surface area (Å²) in [6.07, 6.45) is 8.25. The van der Waals surface area contributed by atoms with Crippen molar-refractivity contribution in [3.63, 3.8) is 0 Å². The van der Waals surface area contributed by atoms with E-state index in [4.69, 9.17) is 9.47 Å². The third-order valence-electron chi connectivity index (χ3n) is 5.61. The van der Waals surface area contributed by atoms with Crippen LogP contribution in [-0.2, 0) is 4.79 Å². The molecule has 0 aromatic carbocycles. The lowest BCUT2D eigenvalue weighted by atomic mass is 9.73. The zero-order chi connectivity index (χ0) is 19.2. The summed E-state index contributed by atoms with van der Waals surface area (Å²) in [4.78, 5) is 30.0. The van der Waals surface area contributed by atoms with Crippen molar-refractivity contribution >= 4 is 5.91 Å². The van der Waals surface area contributed by atoms with E-state index in [0.717, 1.165) is 24.7 Å². The molecular formula is C20H31N3O4. The maximum Gasteiger partial charge on any atom is 0.351 e. The predicted octanol–water partition coefficient (Wildman–Crippen LogP) is 2.66. The number of hydrogen-bond acceptors (Lipinski definition) is 5. The van der Waals surface area contributed by atoms with E-state index in [1.165, 1.54) is 38.2 Å². The molecule has 150 valence electrons. The molecule has 7 nitrogen and oxygen atoms in total. The third-order valence-corrected chi connectivity index (χ3v) is 5.61. The molecule has 0 spiro atoms. The Bertz CT molecular complexity index is 674. The topological polar surface area (TPSA) is 93.3 Å². The normalized spacial score (nSPS) is 25.0. The molecule has 2 N–H and O–H groups in total. The van der Waals surface area contributed by atoms with Gasteiger partial charge in [-0.2, -0.15) is 4.98 Å². The summed E-state index contributed by atoms with van der Waals surface area (Å²) in [5, 5.41) is 2.97. The number of rotatable bonds is 9. The van der Waals surface area contributed by atoms with Gasteiger partial charge in [0.2, 0.25) is 11.8 Å². The van der Waals surface area contributed by atoms with Crippen LogP contribution in [0.5, 0.6) is 11.8 Å². The highest BCUT2D eigenvalue weighted by atomic mass is 16.5. The van der Waals surface area contributed by atoms with Crippen molar-refractivity contribution in [3.05, 3.63) is 16.6 Å². The first kappa shape index (κ1) is 19.7. The number of carbonyl (C=O) groups is 1. The number of amides is 1. The molecule has 1 heterocycles. The van der Waals surface area contributed by atoms with Crippen molar-refractivity contribution in [2.75, 3.05) is 13.2 Å². The third kappa shape index (κ3) is 6.26. The Balaban J connectivity index is 1.44. The van der Waals surface area contributed by atoms with Crippen LogP contribution in [0.2, 0.25) is 0 Å². The van der Waals surface area contributed by atoms with Crippen molar-refractivity contribution in [1.82, 2.24) is 15.3 Å². The molecular weight excluding hydrogens is 346 g/mol. The first-order valence-corrected chi connectivity index (χ1v) is 10.2. The monoisotopic (exact) mass is 377 g/mol. The van der Waals surface area contributed by atoms with Gasteiger partial charge in [0.15, 0.2) is 6.61 Å². The smallest absolute Gasteiger partial charge is 0.351 e. The number of carbonyl (C=O) groups excluding carboxylic acids is 1. The standard InChI is InChI=1S/C20H31N3O4/c1-3-13-7-14(4-2)9-15(8-13)11-21-17(24)12-26-18-10-19(23-20(25)22-18)27-16-5-6-16/h10,13-16H,3-9,11-12H2,1-2H3,(H,21,24)(H,22,23,25). The van der Waals surface area contributed by atoms with Gasteiger partial charge in [0.25, 0.3) is 5.91 Å². The number of aromatic nitrogens is 2. The number of nitrogens with one attached hydrogen (secondary N) is 2. The van der Waals surface area contributed by atoms with Gasteiger partial charge in [-0.1, -0.05) is 26.7 Å². The number of aromatic amines is 1.